The van der Waals surface area contributed by atoms with Crippen LogP contribution in [0.3, 0.4) is 0 Å². The molecule has 1 atom stereocenters. The van der Waals surface area contributed by atoms with Crippen LogP contribution in [0.4, 0.5) is 5.69 Å². The maximum atomic E-state index is 12.5. The average molecular weight is 378 g/mol. The van der Waals surface area contributed by atoms with E-state index in [9.17, 15) is 14.9 Å². The topological polar surface area (TPSA) is 90.1 Å². The third-order valence-corrected chi connectivity index (χ3v) is 4.64. The van der Waals surface area contributed by atoms with E-state index >= 15 is 0 Å². The normalized spacial score (nSPS) is 12.0. The van der Waals surface area contributed by atoms with E-state index in [0.29, 0.717) is 18.2 Å². The number of nitrogens with zero attached hydrogens (tertiary/aromatic N) is 3. The van der Waals surface area contributed by atoms with E-state index in [4.69, 9.17) is 0 Å². The summed E-state index contributed by atoms with van der Waals surface area (Å²) in [7, 11) is 0. The molecule has 0 fully saturated rings. The molecule has 0 spiro atoms. The Balaban J connectivity index is 1.70. The molecule has 0 bridgehead atoms. The molecular formula is C21H22N4O3. The van der Waals surface area contributed by atoms with E-state index in [1.54, 1.807) is 24.4 Å². The lowest BCUT2D eigenvalue weighted by Crippen LogP contribution is -2.30. The van der Waals surface area contributed by atoms with Crippen molar-refractivity contribution in [2.45, 2.75) is 19.8 Å². The molecule has 144 valence electrons. The first-order valence-electron chi connectivity index (χ1n) is 9.09. The second kappa shape index (κ2) is 8.47. The molecule has 28 heavy (non-hydrogen) atoms. The van der Waals surface area contributed by atoms with Crippen LogP contribution in [0.2, 0.25) is 0 Å². The van der Waals surface area contributed by atoms with Crippen molar-refractivity contribution in [3.8, 4) is 5.69 Å². The Labute approximate surface area is 163 Å². The van der Waals surface area contributed by atoms with Crippen molar-refractivity contribution in [1.29, 1.82) is 0 Å². The molecular weight excluding hydrogens is 356 g/mol. The number of carbonyl (C=O) groups is 1. The van der Waals surface area contributed by atoms with Crippen LogP contribution >= 0.6 is 0 Å². The zero-order valence-electron chi connectivity index (χ0n) is 15.8. The fraction of sp³-hybridized carbons (Fsp3) is 0.238. The summed E-state index contributed by atoms with van der Waals surface area (Å²) in [6.07, 6.45) is 1.62. The Bertz CT molecular complexity index is 967. The summed E-state index contributed by atoms with van der Waals surface area (Å²) in [6.45, 7) is 4.76. The molecule has 0 aliphatic heterocycles. The highest BCUT2D eigenvalue weighted by atomic mass is 16.6. The fourth-order valence-corrected chi connectivity index (χ4v) is 3.07. The molecule has 0 radical (unpaired) electrons. The zero-order chi connectivity index (χ0) is 20.1. The summed E-state index contributed by atoms with van der Waals surface area (Å²) >= 11 is 0. The first-order chi connectivity index (χ1) is 13.5. The molecule has 2 aromatic carbocycles. The maximum absolute atomic E-state index is 12.5. The number of hydrogen-bond acceptors (Lipinski definition) is 4. The van der Waals surface area contributed by atoms with Crippen LogP contribution in [-0.4, -0.2) is 27.2 Å². The number of non-ortho nitro benzene ring substituents is 1. The summed E-state index contributed by atoms with van der Waals surface area (Å²) in [5.41, 5.74) is 1.95. The minimum Gasteiger partial charge on any atom is -0.350 e. The predicted molar refractivity (Wildman–Crippen MR) is 107 cm³/mol. The Morgan fingerprint density at radius 3 is 2.57 bits per heavy atom. The molecule has 3 rings (SSSR count). The van der Waals surface area contributed by atoms with E-state index in [0.717, 1.165) is 0 Å². The maximum Gasteiger partial charge on any atom is 0.271 e. The molecule has 1 N–H and O–H groups in total. The Kier molecular flexibility index (Phi) is 5.84. The number of hydrogen-bond donors (Lipinski definition) is 1. The highest BCUT2D eigenvalue weighted by Gasteiger charge is 2.18. The summed E-state index contributed by atoms with van der Waals surface area (Å²) in [5.74, 6) is 0.292. The Morgan fingerprint density at radius 1 is 1.14 bits per heavy atom. The second-order valence-corrected chi connectivity index (χ2v) is 6.89. The number of amides is 1. The summed E-state index contributed by atoms with van der Waals surface area (Å²) in [4.78, 5) is 23.0. The van der Waals surface area contributed by atoms with E-state index in [2.05, 4.69) is 36.4 Å². The van der Waals surface area contributed by atoms with Gasteiger partial charge in [-0.05, 0) is 23.6 Å². The lowest BCUT2D eigenvalue weighted by molar-refractivity contribution is -0.384. The first-order valence-corrected chi connectivity index (χ1v) is 9.09. The van der Waals surface area contributed by atoms with Gasteiger partial charge < -0.3 is 5.32 Å². The standard InChI is InChI=1S/C21H22N4O3/c1-15(2)19(16-7-4-3-5-8-16)14-22-21(26)20-11-12-24(23-20)17-9-6-10-18(13-17)25(27)28/h3-13,15,19H,14H2,1-2H3,(H,22,26). The number of nitro benzene ring substituents is 1. The number of carbonyl (C=O) groups excluding carboxylic acids is 1. The molecule has 3 aromatic rings. The summed E-state index contributed by atoms with van der Waals surface area (Å²) in [5, 5.41) is 18.1. The highest BCUT2D eigenvalue weighted by Crippen LogP contribution is 2.23. The molecule has 0 saturated carbocycles. The molecule has 0 saturated heterocycles. The SMILES string of the molecule is CC(C)C(CNC(=O)c1ccn(-c2cccc([N+](=O)[O-])c2)n1)c1ccccc1. The van der Waals surface area contributed by atoms with Crippen molar-refractivity contribution in [3.05, 3.63) is 88.2 Å². The van der Waals surface area contributed by atoms with Gasteiger partial charge in [-0.1, -0.05) is 50.2 Å². The van der Waals surface area contributed by atoms with Crippen molar-refractivity contribution in [3.63, 3.8) is 0 Å². The van der Waals surface area contributed by atoms with E-state index in [-0.39, 0.29) is 23.2 Å². The highest BCUT2D eigenvalue weighted by molar-refractivity contribution is 5.92. The van der Waals surface area contributed by atoms with Crippen molar-refractivity contribution >= 4 is 11.6 Å². The first kappa shape index (κ1) is 19.3. The van der Waals surface area contributed by atoms with Gasteiger partial charge in [0.05, 0.1) is 10.6 Å². The lowest BCUT2D eigenvalue weighted by atomic mass is 9.88. The minimum atomic E-state index is -0.462. The molecule has 0 aliphatic rings. The van der Waals surface area contributed by atoms with Crippen LogP contribution < -0.4 is 5.32 Å². The third-order valence-electron chi connectivity index (χ3n) is 4.64. The average Bonchev–Trinajstić information content (AvgIpc) is 3.19. The molecule has 1 amide bonds. The van der Waals surface area contributed by atoms with E-state index < -0.39 is 4.92 Å². The molecule has 1 aromatic heterocycles. The molecule has 7 nitrogen and oxygen atoms in total. The lowest BCUT2D eigenvalue weighted by Gasteiger charge is -2.21. The van der Waals surface area contributed by atoms with Gasteiger partial charge in [-0.2, -0.15) is 5.10 Å². The molecule has 7 heteroatoms. The number of aromatic nitrogens is 2. The minimum absolute atomic E-state index is 0.0263. The van der Waals surface area contributed by atoms with Crippen LogP contribution in [0.25, 0.3) is 5.69 Å². The van der Waals surface area contributed by atoms with Crippen molar-refractivity contribution in [2.24, 2.45) is 5.92 Å². The monoisotopic (exact) mass is 378 g/mol. The molecule has 1 unspecified atom stereocenters. The van der Waals surface area contributed by atoms with Gasteiger partial charge in [0, 0.05) is 30.8 Å². The van der Waals surface area contributed by atoms with E-state index in [1.165, 1.54) is 22.4 Å². The van der Waals surface area contributed by atoms with Crippen LogP contribution in [0.1, 0.15) is 35.8 Å². The predicted octanol–water partition coefficient (Wildman–Crippen LogP) is 3.95. The van der Waals surface area contributed by atoms with Crippen LogP contribution in [-0.2, 0) is 0 Å². The number of nitro groups is 1. The van der Waals surface area contributed by atoms with Crippen LogP contribution in [0.15, 0.2) is 66.9 Å². The number of rotatable bonds is 7. The molecule has 1 heterocycles. The number of benzene rings is 2. The number of nitrogens with one attached hydrogen (secondary N) is 1. The van der Waals surface area contributed by atoms with Crippen LogP contribution in [0.5, 0.6) is 0 Å². The molecule has 0 aliphatic carbocycles. The van der Waals surface area contributed by atoms with Gasteiger partial charge in [-0.25, -0.2) is 4.68 Å². The Hall–Kier alpha value is -3.48. The zero-order valence-corrected chi connectivity index (χ0v) is 15.8. The van der Waals surface area contributed by atoms with Crippen molar-refractivity contribution in [2.75, 3.05) is 6.54 Å². The third kappa shape index (κ3) is 4.43. The fourth-order valence-electron chi connectivity index (χ4n) is 3.07. The van der Waals surface area contributed by atoms with Crippen molar-refractivity contribution in [1.82, 2.24) is 15.1 Å². The van der Waals surface area contributed by atoms with Gasteiger partial charge in [0.2, 0.25) is 0 Å². The van der Waals surface area contributed by atoms with Crippen molar-refractivity contribution < 1.29 is 9.72 Å². The van der Waals surface area contributed by atoms with Gasteiger partial charge in [0.1, 0.15) is 0 Å². The largest absolute Gasteiger partial charge is 0.350 e. The summed E-state index contributed by atoms with van der Waals surface area (Å²) in [6, 6.07) is 17.8. The summed E-state index contributed by atoms with van der Waals surface area (Å²) < 4.78 is 1.46. The Morgan fingerprint density at radius 2 is 1.89 bits per heavy atom. The van der Waals surface area contributed by atoms with Gasteiger partial charge >= 0.3 is 0 Å². The second-order valence-electron chi connectivity index (χ2n) is 6.89. The quantitative estimate of drug-likeness (QED) is 0.498. The van der Waals surface area contributed by atoms with Gasteiger partial charge in [-0.15, -0.1) is 0 Å². The van der Waals surface area contributed by atoms with E-state index in [1.807, 2.05) is 18.2 Å². The van der Waals surface area contributed by atoms with Gasteiger partial charge in [-0.3, -0.25) is 14.9 Å². The smallest absolute Gasteiger partial charge is 0.271 e. The van der Waals surface area contributed by atoms with Gasteiger partial charge in [0.25, 0.3) is 11.6 Å². The van der Waals surface area contributed by atoms with Crippen LogP contribution in [0, 0.1) is 16.0 Å². The van der Waals surface area contributed by atoms with Gasteiger partial charge in [0.15, 0.2) is 5.69 Å².